The minimum Gasteiger partial charge on any atom is -0.488 e. The molecule has 2 aromatic rings. The van der Waals surface area contributed by atoms with Gasteiger partial charge in [-0.2, -0.15) is 5.26 Å². The number of nitrogens with zero attached hydrogens (tertiary/aromatic N) is 2. The van der Waals surface area contributed by atoms with Crippen LogP contribution in [0.5, 0.6) is 5.75 Å². The predicted octanol–water partition coefficient (Wildman–Crippen LogP) is 3.11. The lowest BCUT2D eigenvalue weighted by Gasteiger charge is -2.09. The number of aldehydes is 1. The van der Waals surface area contributed by atoms with Gasteiger partial charge in [0, 0.05) is 16.2 Å². The molecule has 4 nitrogen and oxygen atoms in total. The average molecular weight is 317 g/mol. The van der Waals surface area contributed by atoms with Gasteiger partial charge in [-0.25, -0.2) is 4.98 Å². The van der Waals surface area contributed by atoms with E-state index < -0.39 is 0 Å². The first-order chi connectivity index (χ1) is 9.24. The monoisotopic (exact) mass is 316 g/mol. The van der Waals surface area contributed by atoms with E-state index in [1.165, 1.54) is 0 Å². The average Bonchev–Trinajstić information content (AvgIpc) is 2.46. The summed E-state index contributed by atoms with van der Waals surface area (Å²) in [7, 11) is 0. The fourth-order valence-electron chi connectivity index (χ4n) is 1.55. The molecule has 0 aliphatic heterocycles. The van der Waals surface area contributed by atoms with Crippen LogP contribution in [-0.2, 0) is 6.61 Å². The Hall–Kier alpha value is -2.19. The molecule has 0 atom stereocenters. The third-order valence-corrected chi connectivity index (χ3v) is 2.97. The number of nitriles is 1. The zero-order valence-electron chi connectivity index (χ0n) is 9.84. The number of halogens is 1. The zero-order valence-corrected chi connectivity index (χ0v) is 11.4. The van der Waals surface area contributed by atoms with Crippen LogP contribution in [0.3, 0.4) is 0 Å². The van der Waals surface area contributed by atoms with Gasteiger partial charge in [0.25, 0.3) is 0 Å². The Morgan fingerprint density at radius 2 is 2.26 bits per heavy atom. The lowest BCUT2D eigenvalue weighted by Crippen LogP contribution is -2.01. The van der Waals surface area contributed by atoms with E-state index in [0.717, 1.165) is 10.8 Å². The maximum Gasteiger partial charge on any atom is 0.153 e. The van der Waals surface area contributed by atoms with Crippen molar-refractivity contribution in [2.75, 3.05) is 0 Å². The molecule has 0 saturated heterocycles. The van der Waals surface area contributed by atoms with Gasteiger partial charge in [-0.05, 0) is 24.3 Å². The molecule has 5 heteroatoms. The van der Waals surface area contributed by atoms with Gasteiger partial charge in [-0.1, -0.05) is 22.0 Å². The van der Waals surface area contributed by atoms with Crippen LogP contribution in [0.1, 0.15) is 21.6 Å². The normalized spacial score (nSPS) is 9.68. The molecular weight excluding hydrogens is 308 g/mol. The summed E-state index contributed by atoms with van der Waals surface area (Å²) in [5.74, 6) is 0.478. The Kier molecular flexibility index (Phi) is 4.26. The Labute approximate surface area is 118 Å². The summed E-state index contributed by atoms with van der Waals surface area (Å²) in [6.07, 6.45) is 2.28. The number of pyridine rings is 1. The Morgan fingerprint density at radius 1 is 1.42 bits per heavy atom. The number of benzene rings is 1. The van der Waals surface area contributed by atoms with Crippen molar-refractivity contribution >= 4 is 22.2 Å². The SMILES string of the molecule is N#Cc1ncccc1COc1ccc(Br)cc1C=O. The molecule has 0 radical (unpaired) electrons. The number of carbonyl (C=O) groups is 1. The molecular formula is C14H9BrN2O2. The van der Waals surface area contributed by atoms with E-state index in [1.807, 2.05) is 6.07 Å². The van der Waals surface area contributed by atoms with Crippen molar-refractivity contribution in [3.05, 3.63) is 57.8 Å². The van der Waals surface area contributed by atoms with Gasteiger partial charge >= 0.3 is 0 Å². The van der Waals surface area contributed by atoms with Crippen molar-refractivity contribution in [2.45, 2.75) is 6.61 Å². The highest BCUT2D eigenvalue weighted by Crippen LogP contribution is 2.22. The number of aromatic nitrogens is 1. The first-order valence-electron chi connectivity index (χ1n) is 5.46. The smallest absolute Gasteiger partial charge is 0.153 e. The van der Waals surface area contributed by atoms with Gasteiger partial charge in [0.15, 0.2) is 6.29 Å². The summed E-state index contributed by atoms with van der Waals surface area (Å²) < 4.78 is 6.37. The highest BCUT2D eigenvalue weighted by Gasteiger charge is 2.07. The molecule has 0 bridgehead atoms. The quantitative estimate of drug-likeness (QED) is 0.813. The maximum atomic E-state index is 10.9. The number of ether oxygens (including phenoxy) is 1. The third-order valence-electron chi connectivity index (χ3n) is 2.48. The van der Waals surface area contributed by atoms with E-state index in [4.69, 9.17) is 10.00 Å². The van der Waals surface area contributed by atoms with Crippen LogP contribution in [0.4, 0.5) is 0 Å². The second kappa shape index (κ2) is 6.12. The highest BCUT2D eigenvalue weighted by molar-refractivity contribution is 9.10. The van der Waals surface area contributed by atoms with Crippen molar-refractivity contribution in [3.8, 4) is 11.8 Å². The minimum atomic E-state index is 0.194. The van der Waals surface area contributed by atoms with Gasteiger partial charge in [-0.3, -0.25) is 4.79 Å². The highest BCUT2D eigenvalue weighted by atomic mass is 79.9. The summed E-state index contributed by atoms with van der Waals surface area (Å²) in [6, 6.07) is 10.7. The first-order valence-corrected chi connectivity index (χ1v) is 6.25. The molecule has 0 spiro atoms. The molecule has 0 amide bonds. The number of carbonyl (C=O) groups excluding carboxylic acids is 1. The molecule has 19 heavy (non-hydrogen) atoms. The molecule has 1 aromatic heterocycles. The fourth-order valence-corrected chi connectivity index (χ4v) is 1.93. The topological polar surface area (TPSA) is 63.0 Å². The molecule has 1 aromatic carbocycles. The van der Waals surface area contributed by atoms with Crippen LogP contribution in [0.2, 0.25) is 0 Å². The molecule has 0 unspecified atom stereocenters. The van der Waals surface area contributed by atoms with Crippen LogP contribution >= 0.6 is 15.9 Å². The van der Waals surface area contributed by atoms with Crippen molar-refractivity contribution in [1.82, 2.24) is 4.98 Å². The lowest BCUT2D eigenvalue weighted by atomic mass is 10.2. The van der Waals surface area contributed by atoms with Crippen molar-refractivity contribution in [1.29, 1.82) is 5.26 Å². The van der Waals surface area contributed by atoms with E-state index in [1.54, 1.807) is 36.5 Å². The Bertz CT molecular complexity index is 650. The summed E-state index contributed by atoms with van der Waals surface area (Å²) >= 11 is 3.29. The number of hydrogen-bond donors (Lipinski definition) is 0. The van der Waals surface area contributed by atoms with Crippen molar-refractivity contribution in [3.63, 3.8) is 0 Å². The summed E-state index contributed by atoms with van der Waals surface area (Å²) in [5, 5.41) is 8.92. The van der Waals surface area contributed by atoms with E-state index >= 15 is 0 Å². The van der Waals surface area contributed by atoms with Gasteiger partial charge < -0.3 is 4.74 Å². The molecule has 1 heterocycles. The van der Waals surface area contributed by atoms with Gasteiger partial charge in [0.2, 0.25) is 0 Å². The van der Waals surface area contributed by atoms with E-state index in [9.17, 15) is 4.79 Å². The fraction of sp³-hybridized carbons (Fsp3) is 0.0714. The first kappa shape index (κ1) is 13.2. The minimum absolute atomic E-state index is 0.194. The molecule has 0 saturated carbocycles. The largest absolute Gasteiger partial charge is 0.488 e. The number of rotatable bonds is 4. The Balaban J connectivity index is 2.19. The molecule has 2 rings (SSSR count). The van der Waals surface area contributed by atoms with Crippen LogP contribution < -0.4 is 4.74 Å². The Morgan fingerprint density at radius 3 is 3.00 bits per heavy atom. The molecule has 0 N–H and O–H groups in total. The summed E-state index contributed by atoms with van der Waals surface area (Å²) in [5.41, 5.74) is 1.47. The summed E-state index contributed by atoms with van der Waals surface area (Å²) in [6.45, 7) is 0.194. The second-order valence-corrected chi connectivity index (χ2v) is 4.63. The standard InChI is InChI=1S/C14H9BrN2O2/c15-12-3-4-14(11(6-12)8-18)19-9-10-2-1-5-17-13(10)7-16/h1-6,8H,9H2. The second-order valence-electron chi connectivity index (χ2n) is 3.71. The van der Waals surface area contributed by atoms with E-state index in [2.05, 4.69) is 20.9 Å². The molecule has 0 aliphatic rings. The van der Waals surface area contributed by atoms with Gasteiger partial charge in [0.1, 0.15) is 24.1 Å². The van der Waals surface area contributed by atoms with Crippen LogP contribution in [-0.4, -0.2) is 11.3 Å². The molecule has 94 valence electrons. The molecule has 0 fully saturated rings. The lowest BCUT2D eigenvalue weighted by molar-refractivity contribution is 0.111. The van der Waals surface area contributed by atoms with Crippen molar-refractivity contribution < 1.29 is 9.53 Å². The van der Waals surface area contributed by atoms with Gasteiger partial charge in [-0.15, -0.1) is 0 Å². The van der Waals surface area contributed by atoms with Crippen LogP contribution in [0.25, 0.3) is 0 Å². The van der Waals surface area contributed by atoms with Crippen molar-refractivity contribution in [2.24, 2.45) is 0 Å². The van der Waals surface area contributed by atoms with Gasteiger partial charge in [0.05, 0.1) is 5.56 Å². The number of hydrogen-bond acceptors (Lipinski definition) is 4. The van der Waals surface area contributed by atoms with Crippen LogP contribution in [0, 0.1) is 11.3 Å². The third kappa shape index (κ3) is 3.18. The van der Waals surface area contributed by atoms with E-state index in [-0.39, 0.29) is 6.61 Å². The van der Waals surface area contributed by atoms with Crippen LogP contribution in [0.15, 0.2) is 41.0 Å². The zero-order chi connectivity index (χ0) is 13.7. The summed E-state index contributed by atoms with van der Waals surface area (Å²) in [4.78, 5) is 14.9. The predicted molar refractivity (Wildman–Crippen MR) is 72.8 cm³/mol. The van der Waals surface area contributed by atoms with E-state index in [0.29, 0.717) is 22.6 Å². The maximum absolute atomic E-state index is 10.9. The molecule has 0 aliphatic carbocycles.